The fourth-order valence-electron chi connectivity index (χ4n) is 5.73. The summed E-state index contributed by atoms with van der Waals surface area (Å²) in [5.41, 5.74) is 11.4. The number of rotatable bonds is 7. The van der Waals surface area contributed by atoms with Crippen molar-refractivity contribution >= 4 is 38.9 Å². The SMILES string of the molecule is COc1cc(CN(C(=O)c2sc3ccccc3c2Cl)C2CCC(N)CC2)ccc1-c1cccc(-c2cccnc2)c1. The van der Waals surface area contributed by atoms with Crippen molar-refractivity contribution in [1.29, 1.82) is 0 Å². The van der Waals surface area contributed by atoms with Crippen LogP contribution in [-0.2, 0) is 6.54 Å². The van der Waals surface area contributed by atoms with Crippen LogP contribution in [0.4, 0.5) is 0 Å². The standard InChI is InChI=1S/C34H32ClN3O2S/c1-40-30-18-22(11-16-28(30)24-7-4-6-23(19-24)25-8-5-17-37-20-25)21-38(27-14-12-26(36)13-15-27)34(39)33-32(35)29-9-2-3-10-31(29)41-33/h2-11,16-20,26-27H,12-15,21,36H2,1H3. The van der Waals surface area contributed by atoms with Crippen LogP contribution in [0.2, 0.25) is 5.02 Å². The molecule has 0 bridgehead atoms. The number of ether oxygens (including phenoxy) is 1. The van der Waals surface area contributed by atoms with E-state index in [4.69, 9.17) is 22.1 Å². The topological polar surface area (TPSA) is 68.5 Å². The lowest BCUT2D eigenvalue weighted by Gasteiger charge is -2.36. The minimum absolute atomic E-state index is 0.0242. The number of carbonyl (C=O) groups is 1. The molecule has 5 nitrogen and oxygen atoms in total. The Morgan fingerprint density at radius 2 is 1.76 bits per heavy atom. The van der Waals surface area contributed by atoms with Crippen molar-refractivity contribution in [3.05, 3.63) is 107 Å². The van der Waals surface area contributed by atoms with E-state index in [1.165, 1.54) is 11.3 Å². The molecule has 0 aliphatic heterocycles. The van der Waals surface area contributed by atoms with Gasteiger partial charge in [0.05, 0.1) is 12.1 Å². The molecule has 2 aromatic heterocycles. The van der Waals surface area contributed by atoms with Crippen LogP contribution in [0.15, 0.2) is 91.3 Å². The number of carbonyl (C=O) groups excluding carboxylic acids is 1. The number of hydrogen-bond donors (Lipinski definition) is 1. The van der Waals surface area contributed by atoms with Crippen molar-refractivity contribution in [3.63, 3.8) is 0 Å². The molecule has 0 atom stereocenters. The van der Waals surface area contributed by atoms with E-state index in [0.717, 1.165) is 69.3 Å². The fraction of sp³-hybridized carbons (Fsp3) is 0.235. The van der Waals surface area contributed by atoms with Crippen LogP contribution in [0, 0.1) is 0 Å². The highest BCUT2D eigenvalue weighted by Gasteiger charge is 2.31. The van der Waals surface area contributed by atoms with E-state index in [-0.39, 0.29) is 18.0 Å². The summed E-state index contributed by atoms with van der Waals surface area (Å²) >= 11 is 8.24. The van der Waals surface area contributed by atoms with Crippen LogP contribution in [0.25, 0.3) is 32.3 Å². The van der Waals surface area contributed by atoms with E-state index in [0.29, 0.717) is 16.4 Å². The summed E-state index contributed by atoms with van der Waals surface area (Å²) < 4.78 is 6.90. The monoisotopic (exact) mass is 581 g/mol. The van der Waals surface area contributed by atoms with Gasteiger partial charge in [0.15, 0.2) is 0 Å². The van der Waals surface area contributed by atoms with Gasteiger partial charge in [0.25, 0.3) is 5.91 Å². The second kappa shape index (κ2) is 12.0. The van der Waals surface area contributed by atoms with E-state index in [2.05, 4.69) is 41.4 Å². The van der Waals surface area contributed by atoms with Crippen LogP contribution in [0.5, 0.6) is 5.75 Å². The lowest BCUT2D eigenvalue weighted by atomic mass is 9.90. The number of aromatic nitrogens is 1. The summed E-state index contributed by atoms with van der Waals surface area (Å²) in [7, 11) is 1.69. The zero-order valence-electron chi connectivity index (χ0n) is 22.9. The quantitative estimate of drug-likeness (QED) is 0.210. The molecule has 0 radical (unpaired) electrons. The van der Waals surface area contributed by atoms with Crippen molar-refractivity contribution < 1.29 is 9.53 Å². The molecule has 1 aliphatic carbocycles. The number of hydrogen-bond acceptors (Lipinski definition) is 5. The highest BCUT2D eigenvalue weighted by atomic mass is 35.5. The Bertz CT molecular complexity index is 1680. The molecule has 5 aromatic rings. The van der Waals surface area contributed by atoms with E-state index in [1.807, 2.05) is 53.6 Å². The Kier molecular flexibility index (Phi) is 8.06. The Balaban J connectivity index is 1.32. The second-order valence-electron chi connectivity index (χ2n) is 10.6. The average molecular weight is 582 g/mol. The first kappa shape index (κ1) is 27.5. The molecule has 1 amide bonds. The molecule has 0 unspecified atom stereocenters. The maximum absolute atomic E-state index is 14.1. The highest BCUT2D eigenvalue weighted by Crippen LogP contribution is 2.38. The average Bonchev–Trinajstić information content (AvgIpc) is 3.36. The molecular weight excluding hydrogens is 550 g/mol. The van der Waals surface area contributed by atoms with Gasteiger partial charge in [-0.25, -0.2) is 0 Å². The fourth-order valence-corrected chi connectivity index (χ4v) is 7.20. The number of methoxy groups -OCH3 is 1. The van der Waals surface area contributed by atoms with Gasteiger partial charge in [0.1, 0.15) is 10.6 Å². The van der Waals surface area contributed by atoms with Crippen molar-refractivity contribution in [1.82, 2.24) is 9.88 Å². The zero-order valence-corrected chi connectivity index (χ0v) is 24.5. The third-order valence-electron chi connectivity index (χ3n) is 7.96. The predicted molar refractivity (Wildman–Crippen MR) is 169 cm³/mol. The van der Waals surface area contributed by atoms with Gasteiger partial charge in [0, 0.05) is 52.2 Å². The Labute approximate surface area is 249 Å². The summed E-state index contributed by atoms with van der Waals surface area (Å²) in [5, 5.41) is 1.46. The largest absolute Gasteiger partial charge is 0.496 e. The Hall–Kier alpha value is -3.71. The summed E-state index contributed by atoms with van der Waals surface area (Å²) in [6.07, 6.45) is 7.22. The molecule has 0 saturated heterocycles. The normalized spacial score (nSPS) is 17.0. The molecule has 0 spiro atoms. The van der Waals surface area contributed by atoms with Gasteiger partial charge < -0.3 is 15.4 Å². The van der Waals surface area contributed by atoms with Crippen molar-refractivity contribution in [2.24, 2.45) is 5.73 Å². The van der Waals surface area contributed by atoms with Crippen LogP contribution in [0.3, 0.4) is 0 Å². The Morgan fingerprint density at radius 1 is 0.976 bits per heavy atom. The molecular formula is C34H32ClN3O2S. The van der Waals surface area contributed by atoms with Gasteiger partial charge in [-0.3, -0.25) is 9.78 Å². The van der Waals surface area contributed by atoms with Crippen LogP contribution < -0.4 is 10.5 Å². The first-order valence-electron chi connectivity index (χ1n) is 13.9. The number of thiophene rings is 1. The number of benzene rings is 3. The summed E-state index contributed by atoms with van der Waals surface area (Å²) in [6, 6.07) is 26.8. The third kappa shape index (κ3) is 5.73. The maximum Gasteiger partial charge on any atom is 0.266 e. The van der Waals surface area contributed by atoms with Gasteiger partial charge in [-0.05, 0) is 66.6 Å². The summed E-state index contributed by atoms with van der Waals surface area (Å²) in [6.45, 7) is 0.468. The number of pyridine rings is 1. The van der Waals surface area contributed by atoms with E-state index in [1.54, 1.807) is 13.3 Å². The molecule has 3 aromatic carbocycles. The van der Waals surface area contributed by atoms with E-state index < -0.39 is 0 Å². The number of nitrogens with zero attached hydrogens (tertiary/aromatic N) is 2. The zero-order chi connectivity index (χ0) is 28.3. The van der Waals surface area contributed by atoms with Crippen molar-refractivity contribution in [3.8, 4) is 28.0 Å². The first-order valence-corrected chi connectivity index (χ1v) is 15.1. The minimum atomic E-state index is -0.0242. The molecule has 2 N–H and O–H groups in total. The van der Waals surface area contributed by atoms with Crippen LogP contribution in [0.1, 0.15) is 40.9 Å². The van der Waals surface area contributed by atoms with Crippen LogP contribution in [-0.4, -0.2) is 35.0 Å². The highest BCUT2D eigenvalue weighted by molar-refractivity contribution is 7.21. The minimum Gasteiger partial charge on any atom is -0.496 e. The molecule has 7 heteroatoms. The second-order valence-corrected chi connectivity index (χ2v) is 12.0. The third-order valence-corrected chi connectivity index (χ3v) is 9.62. The molecule has 1 aliphatic rings. The van der Waals surface area contributed by atoms with Gasteiger partial charge >= 0.3 is 0 Å². The van der Waals surface area contributed by atoms with Gasteiger partial charge in [-0.15, -0.1) is 11.3 Å². The molecule has 6 rings (SSSR count). The Morgan fingerprint density at radius 3 is 2.51 bits per heavy atom. The summed E-state index contributed by atoms with van der Waals surface area (Å²) in [4.78, 5) is 21.0. The number of fused-ring (bicyclic) bond motifs is 1. The lowest BCUT2D eigenvalue weighted by Crippen LogP contribution is -2.43. The summed E-state index contributed by atoms with van der Waals surface area (Å²) in [5.74, 6) is 0.743. The van der Waals surface area contributed by atoms with E-state index >= 15 is 0 Å². The molecule has 2 heterocycles. The van der Waals surface area contributed by atoms with Crippen LogP contribution >= 0.6 is 22.9 Å². The maximum atomic E-state index is 14.1. The molecule has 1 saturated carbocycles. The predicted octanol–water partition coefficient (Wildman–Crippen LogP) is 8.20. The van der Waals surface area contributed by atoms with Gasteiger partial charge in [0.2, 0.25) is 0 Å². The molecule has 208 valence electrons. The number of amides is 1. The van der Waals surface area contributed by atoms with Gasteiger partial charge in [-0.1, -0.05) is 66.2 Å². The van der Waals surface area contributed by atoms with Crippen molar-refractivity contribution in [2.75, 3.05) is 7.11 Å². The first-order chi connectivity index (χ1) is 20.0. The number of halogens is 1. The van der Waals surface area contributed by atoms with Gasteiger partial charge in [-0.2, -0.15) is 0 Å². The lowest BCUT2D eigenvalue weighted by molar-refractivity contribution is 0.0611. The number of nitrogens with two attached hydrogens (primary N) is 1. The molecule has 1 fully saturated rings. The van der Waals surface area contributed by atoms with E-state index in [9.17, 15) is 4.79 Å². The molecule has 41 heavy (non-hydrogen) atoms. The smallest absolute Gasteiger partial charge is 0.266 e. The van der Waals surface area contributed by atoms with Crippen molar-refractivity contribution in [2.45, 2.75) is 44.3 Å².